The van der Waals surface area contributed by atoms with Crippen molar-refractivity contribution in [3.05, 3.63) is 222 Å². The van der Waals surface area contributed by atoms with Crippen LogP contribution in [-0.2, 0) is 5.41 Å². The molecule has 1 atom stereocenters. The fraction of sp³-hybridized carbons (Fsp3) is 0.0189. The quantitative estimate of drug-likeness (QED) is 0.153. The van der Waals surface area contributed by atoms with Crippen molar-refractivity contribution in [3.63, 3.8) is 0 Å². The van der Waals surface area contributed by atoms with E-state index in [1.807, 2.05) is 0 Å². The maximum absolute atomic E-state index is 2.75. The van der Waals surface area contributed by atoms with E-state index in [1.165, 1.54) is 104 Å². The normalized spacial score (nSPS) is 16.9. The maximum atomic E-state index is 2.59. The highest BCUT2D eigenvalue weighted by atomic mass is 28.3. The third kappa shape index (κ3) is 3.42. The molecule has 9 aromatic rings. The molecule has 55 heavy (non-hydrogen) atoms. The topological polar surface area (TPSA) is 3.24 Å². The van der Waals surface area contributed by atoms with E-state index in [1.54, 1.807) is 0 Å². The summed E-state index contributed by atoms with van der Waals surface area (Å²) in [5.41, 5.74) is 16.8. The van der Waals surface area contributed by atoms with E-state index in [4.69, 9.17) is 0 Å². The first-order chi connectivity index (χ1) is 27.3. The minimum atomic E-state index is -2.75. The standard InChI is InChI=1S/C53H33NSi/c1-2-16-36-34(15-1)29-31-42-40-20-6-14-28-50(40)55(52(36)42)49-27-13-5-19-39(49)41-32-30-35(33-51(41)55)54-47-25-11-9-23-45(47)53(46-24-10-12-26-48(46)54)43-21-7-3-17-37(43)38-18-4-8-22-44(38)53/h1-33H. The second-order valence-electron chi connectivity index (χ2n) is 15.5. The van der Waals surface area contributed by atoms with Crippen LogP contribution < -0.4 is 25.6 Å². The van der Waals surface area contributed by atoms with E-state index in [0.29, 0.717) is 0 Å². The molecule has 0 fully saturated rings. The summed E-state index contributed by atoms with van der Waals surface area (Å²) < 4.78 is 0. The summed E-state index contributed by atoms with van der Waals surface area (Å²) in [7, 11) is -2.75. The van der Waals surface area contributed by atoms with Crippen LogP contribution in [0.25, 0.3) is 44.2 Å². The Balaban J connectivity index is 1.13. The van der Waals surface area contributed by atoms with E-state index in [0.717, 1.165) is 0 Å². The van der Waals surface area contributed by atoms with Gasteiger partial charge in [-0.2, -0.15) is 0 Å². The summed E-state index contributed by atoms with van der Waals surface area (Å²) in [5.74, 6) is 0. The molecular weight excluding hydrogens is 679 g/mol. The van der Waals surface area contributed by atoms with Crippen molar-refractivity contribution in [3.8, 4) is 33.4 Å². The highest BCUT2D eigenvalue weighted by Gasteiger charge is 2.56. The molecular formula is C53H33NSi. The van der Waals surface area contributed by atoms with Crippen LogP contribution in [0.4, 0.5) is 17.1 Å². The predicted molar refractivity (Wildman–Crippen MR) is 231 cm³/mol. The first-order valence-electron chi connectivity index (χ1n) is 19.4. The molecule has 0 aromatic heterocycles. The van der Waals surface area contributed by atoms with E-state index in [-0.39, 0.29) is 0 Å². The molecule has 1 unspecified atom stereocenters. The van der Waals surface area contributed by atoms with Crippen LogP contribution in [0, 0.1) is 0 Å². The molecule has 0 radical (unpaired) electrons. The van der Waals surface area contributed by atoms with Gasteiger partial charge in [0.15, 0.2) is 8.07 Å². The molecule has 2 spiro atoms. The zero-order valence-corrected chi connectivity index (χ0v) is 31.0. The third-order valence-corrected chi connectivity index (χ3v) is 18.3. The summed E-state index contributed by atoms with van der Waals surface area (Å²) in [4.78, 5) is 2.57. The zero-order valence-electron chi connectivity index (χ0n) is 30.0. The number of rotatable bonds is 1. The Kier molecular flexibility index (Phi) is 5.65. The second kappa shape index (κ2) is 10.5. The Labute approximate surface area is 321 Å². The fourth-order valence-corrected chi connectivity index (χ4v) is 17.2. The van der Waals surface area contributed by atoms with Gasteiger partial charge >= 0.3 is 0 Å². The van der Waals surface area contributed by atoms with Gasteiger partial charge in [0.2, 0.25) is 0 Å². The van der Waals surface area contributed by atoms with Gasteiger partial charge in [0.05, 0.1) is 16.8 Å². The SMILES string of the molecule is c1ccc2c(c1)-c1ccccc1C21c2ccccc2N(c2ccc3c(c2)[Si]2(c4ccccc4-3)c3ccccc3-c3ccc4ccccc4c32)c2ccccc21. The molecule has 13 rings (SSSR count). The molecule has 0 amide bonds. The molecule has 0 N–H and O–H groups in total. The van der Waals surface area contributed by atoms with Crippen LogP contribution in [0.1, 0.15) is 22.3 Å². The summed E-state index contributed by atoms with van der Waals surface area (Å²) in [6.45, 7) is 0. The first kappa shape index (κ1) is 29.7. The van der Waals surface area contributed by atoms with Gasteiger partial charge in [-0.25, -0.2) is 0 Å². The van der Waals surface area contributed by atoms with Crippen LogP contribution in [0.2, 0.25) is 0 Å². The van der Waals surface area contributed by atoms with Crippen molar-refractivity contribution in [1.29, 1.82) is 0 Å². The molecule has 0 saturated heterocycles. The molecule has 2 heteroatoms. The predicted octanol–water partition coefficient (Wildman–Crippen LogP) is 10.3. The second-order valence-corrected chi connectivity index (χ2v) is 19.1. The average molecular weight is 712 g/mol. The number of fused-ring (bicyclic) bond motifs is 21. The van der Waals surface area contributed by atoms with Gasteiger partial charge in [-0.15, -0.1) is 0 Å². The molecule has 9 aromatic carbocycles. The minimum absolute atomic E-state index is 0.429. The Hall–Kier alpha value is -6.74. The van der Waals surface area contributed by atoms with Crippen LogP contribution in [0.3, 0.4) is 0 Å². The lowest BCUT2D eigenvalue weighted by atomic mass is 9.64. The lowest BCUT2D eigenvalue weighted by Gasteiger charge is -2.45. The number of anilines is 3. The van der Waals surface area contributed by atoms with Crippen LogP contribution in [-0.4, -0.2) is 8.07 Å². The van der Waals surface area contributed by atoms with E-state index in [9.17, 15) is 0 Å². The van der Waals surface area contributed by atoms with Crippen LogP contribution in [0.15, 0.2) is 200 Å². The van der Waals surface area contributed by atoms with Crippen molar-refractivity contribution in [1.82, 2.24) is 0 Å². The molecule has 0 saturated carbocycles. The Morgan fingerprint density at radius 1 is 0.345 bits per heavy atom. The van der Waals surface area contributed by atoms with Crippen LogP contribution in [0.5, 0.6) is 0 Å². The highest BCUT2D eigenvalue weighted by molar-refractivity contribution is 7.25. The fourth-order valence-electron chi connectivity index (χ4n) is 11.4. The lowest BCUT2D eigenvalue weighted by molar-refractivity contribution is 0.752. The van der Waals surface area contributed by atoms with Gasteiger partial charge in [-0.05, 0) is 111 Å². The Morgan fingerprint density at radius 3 is 1.47 bits per heavy atom. The molecule has 4 aliphatic rings. The molecule has 1 aliphatic carbocycles. The number of para-hydroxylation sites is 2. The molecule has 0 bridgehead atoms. The summed E-state index contributed by atoms with van der Waals surface area (Å²) in [5, 5.41) is 8.72. The van der Waals surface area contributed by atoms with Crippen molar-refractivity contribution in [2.45, 2.75) is 5.41 Å². The average Bonchev–Trinajstić information content (AvgIpc) is 3.84. The highest BCUT2D eigenvalue weighted by Crippen LogP contribution is 2.63. The number of hydrogen-bond acceptors (Lipinski definition) is 1. The first-order valence-corrected chi connectivity index (χ1v) is 21.4. The largest absolute Gasteiger partial charge is 0.310 e. The summed E-state index contributed by atoms with van der Waals surface area (Å²) in [6.07, 6.45) is 0. The Morgan fingerprint density at radius 2 is 0.818 bits per heavy atom. The minimum Gasteiger partial charge on any atom is -0.310 e. The van der Waals surface area contributed by atoms with Crippen molar-refractivity contribution >= 4 is 56.7 Å². The van der Waals surface area contributed by atoms with Crippen molar-refractivity contribution < 1.29 is 0 Å². The third-order valence-electron chi connectivity index (χ3n) is 13.3. The van der Waals surface area contributed by atoms with Gasteiger partial charge < -0.3 is 4.90 Å². The van der Waals surface area contributed by atoms with E-state index < -0.39 is 13.5 Å². The zero-order chi connectivity index (χ0) is 35.9. The molecule has 254 valence electrons. The van der Waals surface area contributed by atoms with Gasteiger partial charge in [-0.3, -0.25) is 0 Å². The summed E-state index contributed by atoms with van der Waals surface area (Å²) in [6, 6.07) is 76.3. The number of hydrogen-bond donors (Lipinski definition) is 0. The lowest BCUT2D eigenvalue weighted by Crippen LogP contribution is -2.71. The molecule has 3 heterocycles. The number of nitrogens with zero attached hydrogens (tertiary/aromatic N) is 1. The summed E-state index contributed by atoms with van der Waals surface area (Å²) >= 11 is 0. The Bertz CT molecular complexity index is 3030. The molecule has 3 aliphatic heterocycles. The van der Waals surface area contributed by atoms with Crippen molar-refractivity contribution in [2.75, 3.05) is 4.90 Å². The van der Waals surface area contributed by atoms with Gasteiger partial charge in [0.25, 0.3) is 0 Å². The van der Waals surface area contributed by atoms with E-state index >= 15 is 0 Å². The maximum Gasteiger partial charge on any atom is 0.182 e. The van der Waals surface area contributed by atoms with Gasteiger partial charge in [0.1, 0.15) is 0 Å². The smallest absolute Gasteiger partial charge is 0.182 e. The molecule has 1 nitrogen and oxygen atoms in total. The van der Waals surface area contributed by atoms with E-state index in [2.05, 4.69) is 205 Å². The van der Waals surface area contributed by atoms with Crippen LogP contribution >= 0.6 is 0 Å². The monoisotopic (exact) mass is 711 g/mol. The van der Waals surface area contributed by atoms with Crippen molar-refractivity contribution in [2.24, 2.45) is 0 Å². The van der Waals surface area contributed by atoms with Gasteiger partial charge in [-0.1, -0.05) is 176 Å². The van der Waals surface area contributed by atoms with Gasteiger partial charge in [0, 0.05) is 5.69 Å². The number of benzene rings is 9.